The van der Waals surface area contributed by atoms with Gasteiger partial charge in [0.05, 0.1) is 10.5 Å². The molecule has 1 aliphatic rings. The van der Waals surface area contributed by atoms with Gasteiger partial charge in [0.2, 0.25) is 0 Å². The second-order valence-electron chi connectivity index (χ2n) is 5.03. The van der Waals surface area contributed by atoms with Crippen LogP contribution in [0.15, 0.2) is 18.2 Å². The summed E-state index contributed by atoms with van der Waals surface area (Å²) in [5.74, 6) is 0. The molecule has 1 aliphatic heterocycles. The molecule has 0 bridgehead atoms. The average Bonchev–Trinajstić information content (AvgIpc) is 2.25. The minimum Gasteiger partial charge on any atom is -0.386 e. The number of hydrogen-bond acceptors (Lipinski definition) is 4. The number of anilines is 1. The number of hydrogen-bond donors (Lipinski definition) is 1. The maximum Gasteiger partial charge on any atom is 0.292 e. The lowest BCUT2D eigenvalue weighted by Gasteiger charge is -2.48. The Hall–Kier alpha value is -1.62. The molecule has 18 heavy (non-hydrogen) atoms. The Balaban J connectivity index is 2.23. The van der Waals surface area contributed by atoms with Crippen molar-refractivity contribution in [2.75, 3.05) is 18.0 Å². The summed E-state index contributed by atoms with van der Waals surface area (Å²) in [7, 11) is 0. The first kappa shape index (κ1) is 12.8. The summed E-state index contributed by atoms with van der Waals surface area (Å²) in [5, 5.41) is 21.2. The van der Waals surface area contributed by atoms with Gasteiger partial charge in [0.25, 0.3) is 5.69 Å². The molecule has 1 aromatic carbocycles. The van der Waals surface area contributed by atoms with Gasteiger partial charge in [-0.05, 0) is 18.9 Å². The van der Waals surface area contributed by atoms with E-state index in [1.54, 1.807) is 6.07 Å². The van der Waals surface area contributed by atoms with Gasteiger partial charge in [-0.15, -0.1) is 0 Å². The Bertz CT molecular complexity index is 467. The quantitative estimate of drug-likeness (QED) is 0.657. The van der Waals surface area contributed by atoms with E-state index in [0.717, 1.165) is 18.4 Å². The fourth-order valence-corrected chi connectivity index (χ4v) is 2.65. The molecule has 0 saturated carbocycles. The van der Waals surface area contributed by atoms with Gasteiger partial charge in [-0.2, -0.15) is 0 Å². The van der Waals surface area contributed by atoms with Crippen LogP contribution in [0, 0.1) is 17.0 Å². The van der Waals surface area contributed by atoms with Gasteiger partial charge in [-0.25, -0.2) is 0 Å². The number of nitro groups is 1. The number of rotatable bonds is 4. The highest BCUT2D eigenvalue weighted by molar-refractivity contribution is 5.69. The normalized spacial score (nSPS) is 17.4. The Labute approximate surface area is 106 Å². The molecule has 1 aromatic rings. The van der Waals surface area contributed by atoms with E-state index in [9.17, 15) is 15.2 Å². The summed E-state index contributed by atoms with van der Waals surface area (Å²) >= 11 is 0. The maximum absolute atomic E-state index is 11.0. The van der Waals surface area contributed by atoms with Crippen molar-refractivity contribution in [3.63, 3.8) is 0 Å². The van der Waals surface area contributed by atoms with Crippen molar-refractivity contribution < 1.29 is 10.0 Å². The summed E-state index contributed by atoms with van der Waals surface area (Å²) in [6, 6.07) is 5.06. The third kappa shape index (κ3) is 2.18. The van der Waals surface area contributed by atoms with E-state index in [1.807, 2.05) is 24.8 Å². The molecule has 0 aromatic heterocycles. The first-order valence-electron chi connectivity index (χ1n) is 6.18. The molecule has 1 N–H and O–H groups in total. The van der Waals surface area contributed by atoms with E-state index in [4.69, 9.17) is 0 Å². The molecule has 1 saturated heterocycles. The monoisotopic (exact) mass is 250 g/mol. The van der Waals surface area contributed by atoms with Gasteiger partial charge in [0, 0.05) is 19.2 Å². The van der Waals surface area contributed by atoms with Crippen molar-refractivity contribution in [2.24, 2.45) is 0 Å². The van der Waals surface area contributed by atoms with E-state index < -0.39 is 5.60 Å². The minimum absolute atomic E-state index is 0.119. The average molecular weight is 250 g/mol. The van der Waals surface area contributed by atoms with Crippen LogP contribution in [0.3, 0.4) is 0 Å². The van der Waals surface area contributed by atoms with Crippen molar-refractivity contribution in [2.45, 2.75) is 32.3 Å². The zero-order valence-corrected chi connectivity index (χ0v) is 10.7. The van der Waals surface area contributed by atoms with E-state index >= 15 is 0 Å². The van der Waals surface area contributed by atoms with Crippen molar-refractivity contribution in [1.29, 1.82) is 0 Å². The van der Waals surface area contributed by atoms with Gasteiger partial charge in [-0.3, -0.25) is 10.1 Å². The number of para-hydroxylation sites is 1. The van der Waals surface area contributed by atoms with Crippen LogP contribution in [0.1, 0.15) is 25.3 Å². The summed E-state index contributed by atoms with van der Waals surface area (Å²) in [5.41, 5.74) is 0.963. The van der Waals surface area contributed by atoms with Crippen LogP contribution in [0.5, 0.6) is 0 Å². The van der Waals surface area contributed by atoms with Crippen LogP contribution in [-0.4, -0.2) is 28.7 Å². The largest absolute Gasteiger partial charge is 0.386 e. The van der Waals surface area contributed by atoms with E-state index in [1.165, 1.54) is 6.07 Å². The molecule has 1 fully saturated rings. The van der Waals surface area contributed by atoms with Crippen LogP contribution in [0.2, 0.25) is 0 Å². The SMILES string of the molecule is CCCC1(O)CN(c2c(C)cccc2[N+](=O)[O-])C1. The van der Waals surface area contributed by atoms with Crippen LogP contribution in [-0.2, 0) is 0 Å². The molecule has 0 unspecified atom stereocenters. The molecular formula is C13H18N2O3. The zero-order valence-electron chi connectivity index (χ0n) is 10.7. The number of aryl methyl sites for hydroxylation is 1. The Morgan fingerprint density at radius 1 is 1.50 bits per heavy atom. The molecule has 5 nitrogen and oxygen atoms in total. The molecule has 0 amide bonds. The predicted octanol–water partition coefficient (Wildman–Crippen LogP) is 2.25. The van der Waals surface area contributed by atoms with Crippen molar-refractivity contribution in [1.82, 2.24) is 0 Å². The second kappa shape index (κ2) is 4.57. The molecule has 5 heteroatoms. The first-order chi connectivity index (χ1) is 8.47. The van der Waals surface area contributed by atoms with Crippen molar-refractivity contribution in [3.8, 4) is 0 Å². The number of β-amino-alcohol motifs (C(OH)–C–C–N with tert-alkyl or cyclic N) is 1. The minimum atomic E-state index is -0.676. The molecule has 2 rings (SSSR count). The van der Waals surface area contributed by atoms with Gasteiger partial charge in [0.15, 0.2) is 0 Å². The molecular weight excluding hydrogens is 232 g/mol. The van der Waals surface area contributed by atoms with E-state index in [0.29, 0.717) is 18.8 Å². The highest BCUT2D eigenvalue weighted by Gasteiger charge is 2.42. The number of aliphatic hydroxyl groups is 1. The van der Waals surface area contributed by atoms with Gasteiger partial charge < -0.3 is 10.0 Å². The lowest BCUT2D eigenvalue weighted by molar-refractivity contribution is -0.384. The fourth-order valence-electron chi connectivity index (χ4n) is 2.65. The number of nitrogens with zero attached hydrogens (tertiary/aromatic N) is 2. The fraction of sp³-hybridized carbons (Fsp3) is 0.538. The van der Waals surface area contributed by atoms with Crippen molar-refractivity contribution >= 4 is 11.4 Å². The standard InChI is InChI=1S/C13H18N2O3/c1-3-7-13(16)8-14(9-13)12-10(2)5-4-6-11(12)15(17)18/h4-6,16H,3,7-9H2,1-2H3. The summed E-state index contributed by atoms with van der Waals surface area (Å²) in [6.45, 7) is 4.84. The molecule has 98 valence electrons. The zero-order chi connectivity index (χ0) is 13.3. The van der Waals surface area contributed by atoms with Crippen LogP contribution in [0.25, 0.3) is 0 Å². The Morgan fingerprint density at radius 2 is 2.17 bits per heavy atom. The van der Waals surface area contributed by atoms with Crippen LogP contribution >= 0.6 is 0 Å². The lowest BCUT2D eigenvalue weighted by atomic mass is 9.88. The topological polar surface area (TPSA) is 66.6 Å². The molecule has 0 aliphatic carbocycles. The summed E-state index contributed by atoms with van der Waals surface area (Å²) in [6.07, 6.45) is 1.66. The van der Waals surface area contributed by atoms with Gasteiger partial charge in [-0.1, -0.05) is 25.5 Å². The summed E-state index contributed by atoms with van der Waals surface area (Å²) < 4.78 is 0. The van der Waals surface area contributed by atoms with Crippen LogP contribution in [0.4, 0.5) is 11.4 Å². The first-order valence-corrected chi connectivity index (χ1v) is 6.18. The molecule has 0 radical (unpaired) electrons. The van der Waals surface area contributed by atoms with Crippen molar-refractivity contribution in [3.05, 3.63) is 33.9 Å². The Kier molecular flexibility index (Phi) is 3.26. The van der Waals surface area contributed by atoms with Gasteiger partial charge in [0.1, 0.15) is 5.69 Å². The second-order valence-corrected chi connectivity index (χ2v) is 5.03. The number of benzene rings is 1. The highest BCUT2D eigenvalue weighted by Crippen LogP contribution is 2.38. The lowest BCUT2D eigenvalue weighted by Crippen LogP contribution is -2.62. The van der Waals surface area contributed by atoms with Crippen LogP contribution < -0.4 is 4.90 Å². The third-order valence-corrected chi connectivity index (χ3v) is 3.42. The van der Waals surface area contributed by atoms with E-state index in [-0.39, 0.29) is 10.6 Å². The Morgan fingerprint density at radius 3 is 2.72 bits per heavy atom. The highest BCUT2D eigenvalue weighted by atomic mass is 16.6. The third-order valence-electron chi connectivity index (χ3n) is 3.42. The number of nitro benzene ring substituents is 1. The smallest absolute Gasteiger partial charge is 0.292 e. The molecule has 1 heterocycles. The van der Waals surface area contributed by atoms with Gasteiger partial charge >= 0.3 is 0 Å². The maximum atomic E-state index is 11.0. The molecule has 0 spiro atoms. The summed E-state index contributed by atoms with van der Waals surface area (Å²) in [4.78, 5) is 12.6. The predicted molar refractivity (Wildman–Crippen MR) is 69.9 cm³/mol. The molecule has 0 atom stereocenters. The van der Waals surface area contributed by atoms with E-state index in [2.05, 4.69) is 0 Å².